The van der Waals surface area contributed by atoms with Gasteiger partial charge in [-0.05, 0) is 38.1 Å². The van der Waals surface area contributed by atoms with Crippen LogP contribution in [0, 0.1) is 11.8 Å². The molecule has 1 aromatic heterocycles. The number of amides is 3. The van der Waals surface area contributed by atoms with Crippen molar-refractivity contribution in [2.45, 2.75) is 46.1 Å². The smallest absolute Gasteiger partial charge is 0.246 e. The molecule has 4 rings (SSSR count). The highest BCUT2D eigenvalue weighted by Gasteiger charge is 2.48. The second kappa shape index (κ2) is 9.18. The summed E-state index contributed by atoms with van der Waals surface area (Å²) in [4.78, 5) is 46.3. The topological polar surface area (TPSA) is 87.5 Å². The zero-order valence-electron chi connectivity index (χ0n) is 18.3. The van der Waals surface area contributed by atoms with Gasteiger partial charge in [0.15, 0.2) is 0 Å². The first-order valence-electron chi connectivity index (χ1n) is 11.4. The summed E-state index contributed by atoms with van der Waals surface area (Å²) >= 11 is 0. The molecule has 2 fully saturated rings. The first kappa shape index (κ1) is 21.5. The maximum atomic E-state index is 12.8. The zero-order valence-corrected chi connectivity index (χ0v) is 18.3. The number of nitrogens with one attached hydrogen (secondary N) is 1. The van der Waals surface area contributed by atoms with Crippen molar-refractivity contribution < 1.29 is 14.4 Å². The predicted octanol–water partition coefficient (Wildman–Crippen LogP) is 2.49. The molecule has 0 unspecified atom stereocenters. The van der Waals surface area contributed by atoms with Gasteiger partial charge in [0.2, 0.25) is 23.7 Å². The van der Waals surface area contributed by atoms with Crippen LogP contribution in [0.5, 0.6) is 0 Å². The van der Waals surface area contributed by atoms with E-state index in [2.05, 4.69) is 29.0 Å². The average molecular weight is 426 g/mol. The monoisotopic (exact) mass is 425 g/mol. The van der Waals surface area contributed by atoms with Crippen LogP contribution in [0.25, 0.3) is 11.0 Å². The number of benzene rings is 1. The number of carbonyl (C=O) groups is 3. The number of hydrogen-bond donors (Lipinski definition) is 1. The molecule has 2 atom stereocenters. The van der Waals surface area contributed by atoms with E-state index in [4.69, 9.17) is 0 Å². The summed E-state index contributed by atoms with van der Waals surface area (Å²) in [5.41, 5.74) is 1.75. The lowest BCUT2D eigenvalue weighted by atomic mass is 9.81. The summed E-state index contributed by atoms with van der Waals surface area (Å²) in [7, 11) is 0. The van der Waals surface area contributed by atoms with Crippen molar-refractivity contribution in [3.8, 4) is 0 Å². The number of hydrogen-bond acceptors (Lipinski definition) is 5. The minimum absolute atomic E-state index is 0.195. The molecule has 1 N–H and O–H groups in total. The lowest BCUT2D eigenvalue weighted by Gasteiger charge is -2.19. The number of nitrogens with zero attached hydrogens (tertiary/aromatic N) is 4. The van der Waals surface area contributed by atoms with Crippen LogP contribution in [-0.4, -0.2) is 63.3 Å². The third-order valence-corrected chi connectivity index (χ3v) is 6.67. The van der Waals surface area contributed by atoms with E-state index in [1.54, 1.807) is 0 Å². The van der Waals surface area contributed by atoms with Gasteiger partial charge >= 0.3 is 0 Å². The number of likely N-dealkylation sites (tertiary alicyclic amines) is 1. The minimum atomic E-state index is -0.389. The SMILES string of the molecule is CCN(CC)CCn1c(NC(=O)CN2C(=O)[C@H]3CCCC[C@H]3C2=O)nc2ccccc21. The summed E-state index contributed by atoms with van der Waals surface area (Å²) in [5.74, 6) is -0.810. The van der Waals surface area contributed by atoms with E-state index in [0.29, 0.717) is 12.5 Å². The molecule has 0 radical (unpaired) electrons. The fraction of sp³-hybridized carbons (Fsp3) is 0.565. The minimum Gasteiger partial charge on any atom is -0.309 e. The quantitative estimate of drug-likeness (QED) is 0.657. The molecule has 0 bridgehead atoms. The number of rotatable bonds is 8. The van der Waals surface area contributed by atoms with Crippen LogP contribution < -0.4 is 5.32 Å². The van der Waals surface area contributed by atoms with Gasteiger partial charge in [-0.25, -0.2) is 4.98 Å². The van der Waals surface area contributed by atoms with Gasteiger partial charge in [-0.2, -0.15) is 0 Å². The van der Waals surface area contributed by atoms with Crippen LogP contribution >= 0.6 is 0 Å². The Morgan fingerprint density at radius 2 is 1.74 bits per heavy atom. The van der Waals surface area contributed by atoms with Gasteiger partial charge in [-0.1, -0.05) is 38.8 Å². The Hall–Kier alpha value is -2.74. The molecule has 0 spiro atoms. The summed E-state index contributed by atoms with van der Waals surface area (Å²) in [6.45, 7) is 7.43. The van der Waals surface area contributed by atoms with E-state index in [9.17, 15) is 14.4 Å². The van der Waals surface area contributed by atoms with Crippen LogP contribution in [-0.2, 0) is 20.9 Å². The van der Waals surface area contributed by atoms with Crippen molar-refractivity contribution in [2.24, 2.45) is 11.8 Å². The van der Waals surface area contributed by atoms with Crippen molar-refractivity contribution in [3.05, 3.63) is 24.3 Å². The Morgan fingerprint density at radius 1 is 1.10 bits per heavy atom. The molecule has 1 aliphatic heterocycles. The summed E-state index contributed by atoms with van der Waals surface area (Å²) in [6, 6.07) is 7.77. The molecule has 166 valence electrons. The number of anilines is 1. The first-order valence-corrected chi connectivity index (χ1v) is 11.4. The molecule has 2 aliphatic rings. The predicted molar refractivity (Wildman–Crippen MR) is 118 cm³/mol. The third kappa shape index (κ3) is 4.21. The molecule has 1 aromatic carbocycles. The lowest BCUT2D eigenvalue weighted by molar-refractivity contribution is -0.142. The fourth-order valence-corrected chi connectivity index (χ4v) is 4.87. The molecule has 2 heterocycles. The van der Waals surface area contributed by atoms with E-state index in [0.717, 1.165) is 61.3 Å². The molecule has 8 heteroatoms. The number of carbonyl (C=O) groups excluding carboxylic acids is 3. The van der Waals surface area contributed by atoms with E-state index in [1.807, 2.05) is 28.8 Å². The Labute approximate surface area is 182 Å². The zero-order chi connectivity index (χ0) is 22.0. The van der Waals surface area contributed by atoms with E-state index in [-0.39, 0.29) is 36.1 Å². The Balaban J connectivity index is 1.50. The van der Waals surface area contributed by atoms with Gasteiger partial charge in [0.25, 0.3) is 0 Å². The third-order valence-electron chi connectivity index (χ3n) is 6.67. The molecular formula is C23H31N5O3. The van der Waals surface area contributed by atoms with Crippen LogP contribution in [0.1, 0.15) is 39.5 Å². The normalized spacial score (nSPS) is 21.2. The van der Waals surface area contributed by atoms with E-state index < -0.39 is 0 Å². The van der Waals surface area contributed by atoms with Gasteiger partial charge in [-0.15, -0.1) is 0 Å². The fourth-order valence-electron chi connectivity index (χ4n) is 4.87. The highest BCUT2D eigenvalue weighted by molar-refractivity contribution is 6.08. The maximum absolute atomic E-state index is 12.8. The van der Waals surface area contributed by atoms with Crippen LogP contribution in [0.3, 0.4) is 0 Å². The van der Waals surface area contributed by atoms with Crippen molar-refractivity contribution in [3.63, 3.8) is 0 Å². The molecule has 8 nitrogen and oxygen atoms in total. The average Bonchev–Trinajstić information content (AvgIpc) is 3.25. The van der Waals surface area contributed by atoms with Crippen molar-refractivity contribution in [1.82, 2.24) is 19.4 Å². The van der Waals surface area contributed by atoms with Gasteiger partial charge in [0.1, 0.15) is 6.54 Å². The number of para-hydroxylation sites is 2. The molecule has 31 heavy (non-hydrogen) atoms. The molecule has 3 amide bonds. The molecule has 2 aromatic rings. The van der Waals surface area contributed by atoms with Crippen LogP contribution in [0.2, 0.25) is 0 Å². The van der Waals surface area contributed by atoms with Gasteiger partial charge in [-0.3, -0.25) is 24.6 Å². The van der Waals surface area contributed by atoms with Gasteiger partial charge in [0.05, 0.1) is 22.9 Å². The van der Waals surface area contributed by atoms with Crippen molar-refractivity contribution >= 4 is 34.7 Å². The highest BCUT2D eigenvalue weighted by atomic mass is 16.2. The molecule has 1 aliphatic carbocycles. The number of imidazole rings is 1. The molecule has 1 saturated heterocycles. The Bertz CT molecular complexity index is 957. The lowest BCUT2D eigenvalue weighted by Crippen LogP contribution is -2.38. The highest BCUT2D eigenvalue weighted by Crippen LogP contribution is 2.37. The van der Waals surface area contributed by atoms with Crippen LogP contribution in [0.4, 0.5) is 5.95 Å². The summed E-state index contributed by atoms with van der Waals surface area (Å²) in [6.07, 6.45) is 3.43. The first-order chi connectivity index (χ1) is 15.0. The van der Waals surface area contributed by atoms with E-state index >= 15 is 0 Å². The number of fused-ring (bicyclic) bond motifs is 2. The largest absolute Gasteiger partial charge is 0.309 e. The Morgan fingerprint density at radius 3 is 2.39 bits per heavy atom. The number of aromatic nitrogens is 2. The summed E-state index contributed by atoms with van der Waals surface area (Å²) in [5, 5.41) is 2.86. The van der Waals surface area contributed by atoms with Gasteiger partial charge < -0.3 is 9.47 Å². The van der Waals surface area contributed by atoms with Gasteiger partial charge in [0, 0.05) is 13.1 Å². The van der Waals surface area contributed by atoms with Crippen LogP contribution in [0.15, 0.2) is 24.3 Å². The molecular weight excluding hydrogens is 394 g/mol. The number of likely N-dealkylation sites (N-methyl/N-ethyl adjacent to an activating group) is 1. The van der Waals surface area contributed by atoms with E-state index in [1.165, 1.54) is 0 Å². The maximum Gasteiger partial charge on any atom is 0.246 e. The Kier molecular flexibility index (Phi) is 6.36. The second-order valence-electron chi connectivity index (χ2n) is 8.41. The number of imide groups is 1. The second-order valence-corrected chi connectivity index (χ2v) is 8.41. The van der Waals surface area contributed by atoms with Crippen molar-refractivity contribution in [2.75, 3.05) is 31.5 Å². The molecule has 1 saturated carbocycles. The standard InChI is InChI=1S/C23H31N5O3/c1-3-26(4-2)13-14-27-19-12-8-7-11-18(19)24-23(27)25-20(29)15-28-21(30)16-9-5-6-10-17(16)22(28)31/h7-8,11-12,16-17H,3-6,9-10,13-15H2,1-2H3,(H,24,25,29)/t16-,17+. The van der Waals surface area contributed by atoms with Crippen molar-refractivity contribution in [1.29, 1.82) is 0 Å². The summed E-state index contributed by atoms with van der Waals surface area (Å²) < 4.78 is 2.00.